The molecule has 0 fully saturated rings. The highest BCUT2D eigenvalue weighted by Gasteiger charge is 2.21. The zero-order valence-corrected chi connectivity index (χ0v) is 11.0. The Bertz CT molecular complexity index is 194. The molecule has 0 spiro atoms. The summed E-state index contributed by atoms with van der Waals surface area (Å²) in [6.07, 6.45) is 0.261. The molecule has 0 aromatic rings. The third kappa shape index (κ3) is 7.51. The number of hydrogen-bond donors (Lipinski definition) is 0. The summed E-state index contributed by atoms with van der Waals surface area (Å²) in [6, 6.07) is 0. The van der Waals surface area contributed by atoms with E-state index in [0.29, 0.717) is 13.2 Å². The largest absolute Gasteiger partial charge is 0.377 e. The van der Waals surface area contributed by atoms with E-state index >= 15 is 0 Å². The summed E-state index contributed by atoms with van der Waals surface area (Å²) in [5.41, 5.74) is -0.243. The Labute approximate surface area is 93.8 Å². The van der Waals surface area contributed by atoms with Gasteiger partial charge in [-0.2, -0.15) is 0 Å². The van der Waals surface area contributed by atoms with Crippen molar-refractivity contribution in [2.75, 3.05) is 26.7 Å². The number of ketones is 1. The average molecular weight is 215 g/mol. The standard InChI is InChI=1S/C12H25NO2/c1-10(2)15-8-7-13(6)9-11(14)12(3,4)5/h10H,7-9H2,1-6H3. The lowest BCUT2D eigenvalue weighted by molar-refractivity contribution is -0.127. The molecule has 0 saturated carbocycles. The van der Waals surface area contributed by atoms with Gasteiger partial charge in [0, 0.05) is 12.0 Å². The first-order chi connectivity index (χ1) is 6.73. The summed E-state index contributed by atoms with van der Waals surface area (Å²) >= 11 is 0. The predicted molar refractivity (Wildman–Crippen MR) is 63.0 cm³/mol. The SMILES string of the molecule is CC(C)OCCN(C)CC(=O)C(C)(C)C. The van der Waals surface area contributed by atoms with E-state index in [2.05, 4.69) is 0 Å². The number of Topliss-reactive ketones (excluding diaryl/α,β-unsaturated/α-hetero) is 1. The van der Waals surface area contributed by atoms with Crippen LogP contribution in [0.25, 0.3) is 0 Å². The van der Waals surface area contributed by atoms with Gasteiger partial charge in [0.2, 0.25) is 0 Å². The molecule has 0 aromatic heterocycles. The van der Waals surface area contributed by atoms with E-state index in [-0.39, 0.29) is 17.3 Å². The van der Waals surface area contributed by atoms with Crippen LogP contribution in [-0.2, 0) is 9.53 Å². The first-order valence-electron chi connectivity index (χ1n) is 5.57. The van der Waals surface area contributed by atoms with Gasteiger partial charge >= 0.3 is 0 Å². The summed E-state index contributed by atoms with van der Waals surface area (Å²) in [5, 5.41) is 0. The van der Waals surface area contributed by atoms with Crippen LogP contribution in [0.3, 0.4) is 0 Å². The van der Waals surface area contributed by atoms with E-state index in [1.54, 1.807) is 0 Å². The highest BCUT2D eigenvalue weighted by molar-refractivity contribution is 5.85. The quantitative estimate of drug-likeness (QED) is 0.678. The van der Waals surface area contributed by atoms with E-state index < -0.39 is 0 Å². The van der Waals surface area contributed by atoms with Crippen molar-refractivity contribution in [2.24, 2.45) is 5.41 Å². The molecule has 0 heterocycles. The van der Waals surface area contributed by atoms with Gasteiger partial charge in [-0.3, -0.25) is 9.69 Å². The Balaban J connectivity index is 3.75. The van der Waals surface area contributed by atoms with Crippen LogP contribution in [0, 0.1) is 5.41 Å². The topological polar surface area (TPSA) is 29.5 Å². The van der Waals surface area contributed by atoms with Crippen molar-refractivity contribution in [2.45, 2.75) is 40.7 Å². The number of rotatable bonds is 6. The van der Waals surface area contributed by atoms with Crippen molar-refractivity contribution in [3.63, 3.8) is 0 Å². The van der Waals surface area contributed by atoms with Crippen LogP contribution in [0.15, 0.2) is 0 Å². The molecule has 0 radical (unpaired) electrons. The monoisotopic (exact) mass is 215 g/mol. The zero-order chi connectivity index (χ0) is 12.1. The van der Waals surface area contributed by atoms with E-state index in [4.69, 9.17) is 4.74 Å². The van der Waals surface area contributed by atoms with Gasteiger partial charge in [-0.25, -0.2) is 0 Å². The molecular formula is C12H25NO2. The Morgan fingerprint density at radius 2 is 1.87 bits per heavy atom. The lowest BCUT2D eigenvalue weighted by atomic mass is 9.90. The van der Waals surface area contributed by atoms with Gasteiger partial charge in [0.05, 0.1) is 19.3 Å². The third-order valence-electron chi connectivity index (χ3n) is 2.17. The summed E-state index contributed by atoms with van der Waals surface area (Å²) in [6.45, 7) is 11.9. The van der Waals surface area contributed by atoms with Gasteiger partial charge < -0.3 is 4.74 Å². The second kappa shape index (κ2) is 6.23. The maximum Gasteiger partial charge on any atom is 0.152 e. The van der Waals surface area contributed by atoms with E-state index in [1.165, 1.54) is 0 Å². The maximum absolute atomic E-state index is 11.7. The van der Waals surface area contributed by atoms with Crippen molar-refractivity contribution < 1.29 is 9.53 Å². The molecule has 0 bridgehead atoms. The molecule has 90 valence electrons. The molecule has 0 aliphatic carbocycles. The lowest BCUT2D eigenvalue weighted by Gasteiger charge is -2.22. The molecule has 0 aliphatic rings. The molecule has 15 heavy (non-hydrogen) atoms. The minimum atomic E-state index is -0.243. The maximum atomic E-state index is 11.7. The third-order valence-corrected chi connectivity index (χ3v) is 2.17. The summed E-state index contributed by atoms with van der Waals surface area (Å²) in [5.74, 6) is 0.273. The number of likely N-dealkylation sites (N-methyl/N-ethyl adjacent to an activating group) is 1. The second-order valence-electron chi connectivity index (χ2n) is 5.33. The summed E-state index contributed by atoms with van der Waals surface area (Å²) in [4.78, 5) is 13.7. The fourth-order valence-electron chi connectivity index (χ4n) is 1.01. The van der Waals surface area contributed by atoms with Crippen molar-refractivity contribution in [1.29, 1.82) is 0 Å². The molecular weight excluding hydrogens is 190 g/mol. The fraction of sp³-hybridized carbons (Fsp3) is 0.917. The zero-order valence-electron chi connectivity index (χ0n) is 11.0. The Hall–Kier alpha value is -0.410. The minimum Gasteiger partial charge on any atom is -0.377 e. The molecule has 3 nitrogen and oxygen atoms in total. The van der Waals surface area contributed by atoms with Gasteiger partial charge in [-0.15, -0.1) is 0 Å². The first kappa shape index (κ1) is 14.6. The first-order valence-corrected chi connectivity index (χ1v) is 5.57. The van der Waals surface area contributed by atoms with Crippen LogP contribution in [-0.4, -0.2) is 43.5 Å². The summed E-state index contributed by atoms with van der Waals surface area (Å²) in [7, 11) is 1.95. The fourth-order valence-corrected chi connectivity index (χ4v) is 1.01. The smallest absolute Gasteiger partial charge is 0.152 e. The Morgan fingerprint density at radius 1 is 1.33 bits per heavy atom. The van der Waals surface area contributed by atoms with E-state index in [1.807, 2.05) is 46.6 Å². The molecule has 0 saturated heterocycles. The number of carbonyl (C=O) groups excluding carboxylic acids is 1. The molecule has 0 amide bonds. The molecule has 0 unspecified atom stereocenters. The van der Waals surface area contributed by atoms with Crippen LogP contribution < -0.4 is 0 Å². The van der Waals surface area contributed by atoms with Crippen molar-refractivity contribution >= 4 is 5.78 Å². The van der Waals surface area contributed by atoms with Crippen molar-refractivity contribution in [3.05, 3.63) is 0 Å². The Morgan fingerprint density at radius 3 is 2.27 bits per heavy atom. The van der Waals surface area contributed by atoms with Gasteiger partial charge in [0.15, 0.2) is 5.78 Å². The normalized spacial score (nSPS) is 12.5. The van der Waals surface area contributed by atoms with Crippen LogP contribution in [0.5, 0.6) is 0 Å². The predicted octanol–water partition coefficient (Wildman–Crippen LogP) is 1.96. The van der Waals surface area contributed by atoms with Crippen LogP contribution in [0.4, 0.5) is 0 Å². The highest BCUT2D eigenvalue weighted by Crippen LogP contribution is 2.14. The molecule has 0 aliphatic heterocycles. The minimum absolute atomic E-state index is 0.243. The van der Waals surface area contributed by atoms with Crippen molar-refractivity contribution in [1.82, 2.24) is 4.90 Å². The molecule has 0 atom stereocenters. The van der Waals surface area contributed by atoms with Crippen LogP contribution in [0.2, 0.25) is 0 Å². The van der Waals surface area contributed by atoms with Gasteiger partial charge in [0.1, 0.15) is 0 Å². The van der Waals surface area contributed by atoms with Gasteiger partial charge in [-0.05, 0) is 20.9 Å². The van der Waals surface area contributed by atoms with Crippen molar-refractivity contribution in [3.8, 4) is 0 Å². The van der Waals surface area contributed by atoms with Crippen LogP contribution in [0.1, 0.15) is 34.6 Å². The number of nitrogens with zero attached hydrogens (tertiary/aromatic N) is 1. The number of ether oxygens (including phenoxy) is 1. The van der Waals surface area contributed by atoms with E-state index in [9.17, 15) is 4.79 Å². The van der Waals surface area contributed by atoms with Gasteiger partial charge in [-0.1, -0.05) is 20.8 Å². The molecule has 3 heteroatoms. The van der Waals surface area contributed by atoms with Gasteiger partial charge in [0.25, 0.3) is 0 Å². The van der Waals surface area contributed by atoms with E-state index in [0.717, 1.165) is 6.54 Å². The second-order valence-corrected chi connectivity index (χ2v) is 5.33. The molecule has 0 rings (SSSR count). The van der Waals surface area contributed by atoms with Crippen LogP contribution >= 0.6 is 0 Å². The average Bonchev–Trinajstić information content (AvgIpc) is 2.01. The highest BCUT2D eigenvalue weighted by atomic mass is 16.5. The Kier molecular flexibility index (Phi) is 6.06. The summed E-state index contributed by atoms with van der Waals surface area (Å²) < 4.78 is 5.43. The lowest BCUT2D eigenvalue weighted by Crippen LogP contribution is -2.35. The molecule has 0 aromatic carbocycles. The number of carbonyl (C=O) groups is 1. The molecule has 0 N–H and O–H groups in total. The number of hydrogen-bond acceptors (Lipinski definition) is 3.